The summed E-state index contributed by atoms with van der Waals surface area (Å²) in [5, 5.41) is 13.0. The first-order valence-electron chi connectivity index (χ1n) is 6.46. The first kappa shape index (κ1) is 14.5. The Morgan fingerprint density at radius 2 is 1.94 bits per heavy atom. The summed E-state index contributed by atoms with van der Waals surface area (Å²) in [5.41, 5.74) is 4.90. The van der Waals surface area contributed by atoms with Crippen LogP contribution in [0, 0.1) is 11.3 Å². The number of carbonyl (C=O) groups is 1. The lowest BCUT2D eigenvalue weighted by atomic mass is 9.78. The highest BCUT2D eigenvalue weighted by Gasteiger charge is 2.34. The van der Waals surface area contributed by atoms with Crippen molar-refractivity contribution in [3.05, 3.63) is 0 Å². The number of hydrogen-bond acceptors (Lipinski definition) is 3. The van der Waals surface area contributed by atoms with Crippen molar-refractivity contribution < 1.29 is 9.90 Å². The summed E-state index contributed by atoms with van der Waals surface area (Å²) in [6, 6.07) is 0. The number of carbonyl (C=O) groups excluding carboxylic acids is 1. The highest BCUT2D eigenvalue weighted by atomic mass is 16.3. The van der Waals surface area contributed by atoms with Crippen LogP contribution in [0.3, 0.4) is 0 Å². The van der Waals surface area contributed by atoms with Crippen molar-refractivity contribution in [2.75, 3.05) is 13.1 Å². The average molecular weight is 242 g/mol. The zero-order chi connectivity index (χ0) is 13.1. The largest absolute Gasteiger partial charge is 0.389 e. The van der Waals surface area contributed by atoms with Crippen molar-refractivity contribution in [3.63, 3.8) is 0 Å². The van der Waals surface area contributed by atoms with Crippen molar-refractivity contribution in [1.29, 1.82) is 0 Å². The van der Waals surface area contributed by atoms with Gasteiger partial charge in [-0.05, 0) is 31.1 Å². The van der Waals surface area contributed by atoms with E-state index in [9.17, 15) is 9.90 Å². The van der Waals surface area contributed by atoms with Crippen molar-refractivity contribution in [2.24, 2.45) is 17.1 Å². The molecule has 0 saturated heterocycles. The van der Waals surface area contributed by atoms with Crippen LogP contribution in [-0.2, 0) is 4.79 Å². The van der Waals surface area contributed by atoms with Gasteiger partial charge in [0.1, 0.15) is 0 Å². The summed E-state index contributed by atoms with van der Waals surface area (Å²) in [5.74, 6) is 0.170. The maximum atomic E-state index is 11.9. The summed E-state index contributed by atoms with van der Waals surface area (Å²) < 4.78 is 0. The van der Waals surface area contributed by atoms with Gasteiger partial charge < -0.3 is 16.2 Å². The van der Waals surface area contributed by atoms with Crippen LogP contribution >= 0.6 is 0 Å². The number of rotatable bonds is 3. The topological polar surface area (TPSA) is 75.3 Å². The van der Waals surface area contributed by atoms with Crippen molar-refractivity contribution in [2.45, 2.75) is 52.1 Å². The third kappa shape index (κ3) is 4.64. The zero-order valence-corrected chi connectivity index (χ0v) is 11.3. The van der Waals surface area contributed by atoms with Gasteiger partial charge in [-0.3, -0.25) is 4.79 Å². The lowest BCUT2D eigenvalue weighted by Crippen LogP contribution is -2.45. The predicted octanol–water partition coefficient (Wildman–Crippen LogP) is 1.03. The molecule has 0 aliphatic heterocycles. The Balaban J connectivity index is 2.36. The van der Waals surface area contributed by atoms with E-state index < -0.39 is 5.60 Å². The molecule has 0 aromatic heterocycles. The molecule has 0 bridgehead atoms. The maximum Gasteiger partial charge on any atom is 0.223 e. The van der Waals surface area contributed by atoms with Gasteiger partial charge in [-0.25, -0.2) is 0 Å². The molecule has 4 N–H and O–H groups in total. The van der Waals surface area contributed by atoms with Crippen LogP contribution in [0.4, 0.5) is 0 Å². The fourth-order valence-corrected chi connectivity index (χ4v) is 2.12. The monoisotopic (exact) mass is 242 g/mol. The van der Waals surface area contributed by atoms with E-state index in [-0.39, 0.29) is 17.2 Å². The molecule has 4 heteroatoms. The second-order valence-corrected chi connectivity index (χ2v) is 6.48. The molecule has 1 amide bonds. The molecule has 0 atom stereocenters. The molecular weight excluding hydrogens is 216 g/mol. The fraction of sp³-hybridized carbons (Fsp3) is 0.923. The van der Waals surface area contributed by atoms with E-state index in [2.05, 4.69) is 26.1 Å². The molecule has 0 heterocycles. The second kappa shape index (κ2) is 5.36. The average Bonchev–Trinajstić information content (AvgIpc) is 2.26. The van der Waals surface area contributed by atoms with E-state index in [0.29, 0.717) is 25.9 Å². The van der Waals surface area contributed by atoms with Gasteiger partial charge in [-0.1, -0.05) is 20.8 Å². The summed E-state index contributed by atoms with van der Waals surface area (Å²) >= 11 is 0. The summed E-state index contributed by atoms with van der Waals surface area (Å²) in [6.45, 7) is 7.29. The van der Waals surface area contributed by atoms with Gasteiger partial charge >= 0.3 is 0 Å². The second-order valence-electron chi connectivity index (χ2n) is 6.48. The highest BCUT2D eigenvalue weighted by Crippen LogP contribution is 2.31. The van der Waals surface area contributed by atoms with Crippen LogP contribution in [0.2, 0.25) is 0 Å². The number of nitrogens with one attached hydrogen (secondary N) is 1. The molecule has 1 fully saturated rings. The van der Waals surface area contributed by atoms with Gasteiger partial charge in [0.15, 0.2) is 0 Å². The van der Waals surface area contributed by atoms with Crippen LogP contribution in [0.1, 0.15) is 46.5 Å². The number of nitrogens with two attached hydrogens (primary N) is 1. The van der Waals surface area contributed by atoms with Gasteiger partial charge in [0.25, 0.3) is 0 Å². The van der Waals surface area contributed by atoms with Crippen LogP contribution < -0.4 is 11.1 Å². The Hall–Kier alpha value is -0.610. The van der Waals surface area contributed by atoms with Gasteiger partial charge in [-0.15, -0.1) is 0 Å². The molecule has 1 rings (SSSR count). The molecule has 1 aliphatic rings. The predicted molar refractivity (Wildman–Crippen MR) is 68.4 cm³/mol. The van der Waals surface area contributed by atoms with E-state index >= 15 is 0 Å². The first-order chi connectivity index (χ1) is 7.76. The smallest absolute Gasteiger partial charge is 0.223 e. The van der Waals surface area contributed by atoms with Gasteiger partial charge in [0.05, 0.1) is 5.60 Å². The Morgan fingerprint density at radius 1 is 1.41 bits per heavy atom. The van der Waals surface area contributed by atoms with Crippen molar-refractivity contribution in [3.8, 4) is 0 Å². The molecule has 17 heavy (non-hydrogen) atoms. The van der Waals surface area contributed by atoms with Crippen LogP contribution in [-0.4, -0.2) is 29.7 Å². The Bertz CT molecular complexity index is 263. The molecule has 0 aromatic carbocycles. The minimum atomic E-state index is -0.735. The minimum Gasteiger partial charge on any atom is -0.389 e. The van der Waals surface area contributed by atoms with E-state index in [1.807, 2.05) is 0 Å². The number of amides is 1. The summed E-state index contributed by atoms with van der Waals surface area (Å²) in [4.78, 5) is 11.9. The lowest BCUT2D eigenvalue weighted by molar-refractivity contribution is -0.128. The molecule has 4 nitrogen and oxygen atoms in total. The third-order valence-electron chi connectivity index (χ3n) is 3.46. The van der Waals surface area contributed by atoms with Gasteiger partial charge in [-0.2, -0.15) is 0 Å². The standard InChI is InChI=1S/C13H26N2O2/c1-12(2,3)9-15-11(16)10-4-6-13(17,8-14)7-5-10/h10,17H,4-9,14H2,1-3H3,(H,15,16). The van der Waals surface area contributed by atoms with Crippen molar-refractivity contribution >= 4 is 5.91 Å². The fourth-order valence-electron chi connectivity index (χ4n) is 2.12. The summed E-state index contributed by atoms with van der Waals surface area (Å²) in [7, 11) is 0. The normalized spacial score (nSPS) is 30.1. The van der Waals surface area contributed by atoms with E-state index in [4.69, 9.17) is 5.73 Å². The highest BCUT2D eigenvalue weighted by molar-refractivity contribution is 5.78. The number of hydrogen-bond donors (Lipinski definition) is 3. The Labute approximate surface area is 104 Å². The molecule has 1 aliphatic carbocycles. The molecule has 0 radical (unpaired) electrons. The molecule has 1 saturated carbocycles. The quantitative estimate of drug-likeness (QED) is 0.692. The molecule has 0 unspecified atom stereocenters. The lowest BCUT2D eigenvalue weighted by Gasteiger charge is -2.34. The van der Waals surface area contributed by atoms with E-state index in [1.54, 1.807) is 0 Å². The molecular formula is C13H26N2O2. The summed E-state index contributed by atoms with van der Waals surface area (Å²) in [6.07, 6.45) is 2.75. The molecule has 0 spiro atoms. The van der Waals surface area contributed by atoms with Gasteiger partial charge in [0, 0.05) is 19.0 Å². The zero-order valence-electron chi connectivity index (χ0n) is 11.3. The minimum absolute atomic E-state index is 0.0455. The van der Waals surface area contributed by atoms with Crippen LogP contribution in [0.5, 0.6) is 0 Å². The molecule has 100 valence electrons. The SMILES string of the molecule is CC(C)(C)CNC(=O)C1CCC(O)(CN)CC1. The number of aliphatic hydroxyl groups is 1. The Morgan fingerprint density at radius 3 is 2.35 bits per heavy atom. The van der Waals surface area contributed by atoms with Crippen LogP contribution in [0.25, 0.3) is 0 Å². The van der Waals surface area contributed by atoms with Crippen molar-refractivity contribution in [1.82, 2.24) is 5.32 Å². The molecule has 0 aromatic rings. The third-order valence-corrected chi connectivity index (χ3v) is 3.46. The van der Waals surface area contributed by atoms with Crippen LogP contribution in [0.15, 0.2) is 0 Å². The Kier molecular flexibility index (Phi) is 4.55. The maximum absolute atomic E-state index is 11.9. The van der Waals surface area contributed by atoms with Gasteiger partial charge in [0.2, 0.25) is 5.91 Å². The van der Waals surface area contributed by atoms with E-state index in [1.165, 1.54) is 0 Å². The van der Waals surface area contributed by atoms with E-state index in [0.717, 1.165) is 12.8 Å². The first-order valence-corrected chi connectivity index (χ1v) is 6.46.